The molecule has 0 amide bonds. The van der Waals surface area contributed by atoms with Crippen molar-refractivity contribution >= 4 is 34.6 Å². The number of nitrogens with one attached hydrogen (secondary N) is 2. The van der Waals surface area contributed by atoms with Gasteiger partial charge in [-0.1, -0.05) is 41.9 Å². The number of halogens is 1. The first-order valence-corrected chi connectivity index (χ1v) is 9.24. The van der Waals surface area contributed by atoms with Crippen molar-refractivity contribution in [1.82, 2.24) is 10.2 Å². The molecule has 0 fully saturated rings. The summed E-state index contributed by atoms with van der Waals surface area (Å²) in [6.45, 7) is 7.99. The SMILES string of the molecule is Cc1c(Cl)cccc1NC(=S)NCc1ccccc1CN(C)C(C)C. The molecule has 0 saturated heterocycles. The summed E-state index contributed by atoms with van der Waals surface area (Å²) in [4.78, 5) is 2.32. The number of anilines is 1. The minimum absolute atomic E-state index is 0.509. The fourth-order valence-corrected chi connectivity index (χ4v) is 2.78. The Bertz CT molecular complexity index is 731. The molecule has 0 aliphatic rings. The topological polar surface area (TPSA) is 27.3 Å². The Labute approximate surface area is 161 Å². The summed E-state index contributed by atoms with van der Waals surface area (Å²) in [5.74, 6) is 0. The molecule has 2 N–H and O–H groups in total. The summed E-state index contributed by atoms with van der Waals surface area (Å²) in [6.07, 6.45) is 0. The minimum atomic E-state index is 0.509. The fourth-order valence-electron chi connectivity index (χ4n) is 2.42. The second kappa shape index (κ2) is 9.18. The van der Waals surface area contributed by atoms with E-state index in [4.69, 9.17) is 23.8 Å². The van der Waals surface area contributed by atoms with Crippen molar-refractivity contribution in [2.75, 3.05) is 12.4 Å². The Morgan fingerprint density at radius 1 is 1.12 bits per heavy atom. The highest BCUT2D eigenvalue weighted by Crippen LogP contribution is 2.22. The maximum atomic E-state index is 6.16. The smallest absolute Gasteiger partial charge is 0.171 e. The lowest BCUT2D eigenvalue weighted by molar-refractivity contribution is 0.265. The molecule has 0 heterocycles. The Morgan fingerprint density at radius 3 is 2.48 bits per heavy atom. The second-order valence-corrected chi connectivity index (χ2v) is 7.31. The van der Waals surface area contributed by atoms with Crippen LogP contribution in [0.4, 0.5) is 5.69 Å². The molecule has 3 nitrogen and oxygen atoms in total. The van der Waals surface area contributed by atoms with Crippen LogP contribution < -0.4 is 10.6 Å². The van der Waals surface area contributed by atoms with E-state index in [0.29, 0.717) is 17.7 Å². The summed E-state index contributed by atoms with van der Waals surface area (Å²) < 4.78 is 0. The molecule has 0 spiro atoms. The van der Waals surface area contributed by atoms with Gasteiger partial charge >= 0.3 is 0 Å². The third-order valence-corrected chi connectivity index (χ3v) is 5.03. The lowest BCUT2D eigenvalue weighted by Gasteiger charge is -2.23. The van der Waals surface area contributed by atoms with Crippen LogP contribution >= 0.6 is 23.8 Å². The average molecular weight is 376 g/mol. The van der Waals surface area contributed by atoms with Crippen molar-refractivity contribution in [2.45, 2.75) is 39.9 Å². The molecule has 0 atom stereocenters. The molecular formula is C20H26ClN3S. The zero-order valence-corrected chi connectivity index (χ0v) is 16.8. The first-order chi connectivity index (χ1) is 11.9. The highest BCUT2D eigenvalue weighted by atomic mass is 35.5. The van der Waals surface area contributed by atoms with Crippen LogP contribution in [0, 0.1) is 6.92 Å². The minimum Gasteiger partial charge on any atom is -0.358 e. The first-order valence-electron chi connectivity index (χ1n) is 8.45. The van der Waals surface area contributed by atoms with Crippen LogP contribution in [0.1, 0.15) is 30.5 Å². The summed E-state index contributed by atoms with van der Waals surface area (Å²) in [6, 6.07) is 14.7. The van der Waals surface area contributed by atoms with Crippen molar-refractivity contribution in [3.05, 3.63) is 64.2 Å². The van der Waals surface area contributed by atoms with Crippen LogP contribution in [0.3, 0.4) is 0 Å². The molecule has 0 aromatic heterocycles. The van der Waals surface area contributed by atoms with Crippen molar-refractivity contribution in [2.24, 2.45) is 0 Å². The summed E-state index contributed by atoms with van der Waals surface area (Å²) in [5, 5.41) is 7.85. The van der Waals surface area contributed by atoms with E-state index in [1.807, 2.05) is 25.1 Å². The third-order valence-electron chi connectivity index (χ3n) is 4.37. The second-order valence-electron chi connectivity index (χ2n) is 6.50. The highest BCUT2D eigenvalue weighted by Gasteiger charge is 2.09. The summed E-state index contributed by atoms with van der Waals surface area (Å²) in [7, 11) is 2.14. The van der Waals surface area contributed by atoms with Gasteiger partial charge in [0.1, 0.15) is 0 Å². The van der Waals surface area contributed by atoms with E-state index in [9.17, 15) is 0 Å². The fraction of sp³-hybridized carbons (Fsp3) is 0.350. The largest absolute Gasteiger partial charge is 0.358 e. The molecule has 2 rings (SSSR count). The van der Waals surface area contributed by atoms with Gasteiger partial charge in [-0.15, -0.1) is 0 Å². The van der Waals surface area contributed by atoms with Gasteiger partial charge in [-0.05, 0) is 68.9 Å². The normalized spacial score (nSPS) is 11.0. The van der Waals surface area contributed by atoms with Crippen molar-refractivity contribution in [1.29, 1.82) is 0 Å². The number of hydrogen-bond acceptors (Lipinski definition) is 2. The van der Waals surface area contributed by atoms with Gasteiger partial charge in [0.05, 0.1) is 0 Å². The lowest BCUT2D eigenvalue weighted by Crippen LogP contribution is -2.30. The zero-order valence-electron chi connectivity index (χ0n) is 15.3. The average Bonchev–Trinajstić information content (AvgIpc) is 2.58. The van der Waals surface area contributed by atoms with E-state index >= 15 is 0 Å². The van der Waals surface area contributed by atoms with Crippen LogP contribution in [0.25, 0.3) is 0 Å². The van der Waals surface area contributed by atoms with Gasteiger partial charge in [-0.3, -0.25) is 4.90 Å². The molecule has 0 saturated carbocycles. The van der Waals surface area contributed by atoms with Gasteiger partial charge in [0.2, 0.25) is 0 Å². The molecule has 134 valence electrons. The quantitative estimate of drug-likeness (QED) is 0.696. The number of hydrogen-bond donors (Lipinski definition) is 2. The van der Waals surface area contributed by atoms with Crippen LogP contribution in [0.5, 0.6) is 0 Å². The number of thiocarbonyl (C=S) groups is 1. The number of benzene rings is 2. The van der Waals surface area contributed by atoms with E-state index in [0.717, 1.165) is 22.8 Å². The molecular weight excluding hydrogens is 350 g/mol. The predicted molar refractivity (Wildman–Crippen MR) is 112 cm³/mol. The first kappa shape index (κ1) is 19.7. The van der Waals surface area contributed by atoms with E-state index < -0.39 is 0 Å². The monoisotopic (exact) mass is 375 g/mol. The maximum Gasteiger partial charge on any atom is 0.171 e. The molecule has 25 heavy (non-hydrogen) atoms. The van der Waals surface area contributed by atoms with Crippen molar-refractivity contribution < 1.29 is 0 Å². The van der Waals surface area contributed by atoms with Gasteiger partial charge in [0, 0.05) is 29.8 Å². The molecule has 0 aliphatic carbocycles. The van der Waals surface area contributed by atoms with Crippen LogP contribution in [0.15, 0.2) is 42.5 Å². The Balaban J connectivity index is 1.99. The predicted octanol–water partition coefficient (Wildman–Crippen LogP) is 4.98. The molecule has 0 bridgehead atoms. The summed E-state index contributed by atoms with van der Waals surface area (Å²) >= 11 is 11.6. The Kier molecular flexibility index (Phi) is 7.24. The van der Waals surface area contributed by atoms with Crippen LogP contribution in [-0.2, 0) is 13.1 Å². The standard InChI is InChI=1S/C20H26ClN3S/c1-14(2)24(4)13-17-9-6-5-8-16(17)12-22-20(25)23-19-11-7-10-18(21)15(19)3/h5-11,14H,12-13H2,1-4H3,(H2,22,23,25). The molecule has 5 heteroatoms. The number of rotatable bonds is 6. The highest BCUT2D eigenvalue weighted by molar-refractivity contribution is 7.80. The summed E-state index contributed by atoms with van der Waals surface area (Å²) in [5.41, 5.74) is 4.49. The zero-order chi connectivity index (χ0) is 18.4. The van der Waals surface area contributed by atoms with Crippen LogP contribution in [0.2, 0.25) is 5.02 Å². The van der Waals surface area contributed by atoms with E-state index in [2.05, 4.69) is 60.7 Å². The van der Waals surface area contributed by atoms with Gasteiger partial charge in [0.25, 0.3) is 0 Å². The molecule has 0 radical (unpaired) electrons. The van der Waals surface area contributed by atoms with Crippen LogP contribution in [-0.4, -0.2) is 23.1 Å². The third kappa shape index (κ3) is 5.70. The molecule has 0 aliphatic heterocycles. The number of nitrogens with zero attached hydrogens (tertiary/aromatic N) is 1. The molecule has 0 unspecified atom stereocenters. The van der Waals surface area contributed by atoms with E-state index in [1.54, 1.807) is 0 Å². The maximum absolute atomic E-state index is 6.16. The Hall–Kier alpha value is -1.62. The van der Waals surface area contributed by atoms with E-state index in [-0.39, 0.29) is 0 Å². The lowest BCUT2D eigenvalue weighted by atomic mass is 10.1. The van der Waals surface area contributed by atoms with Gasteiger partial charge in [0.15, 0.2) is 5.11 Å². The van der Waals surface area contributed by atoms with Gasteiger partial charge in [-0.2, -0.15) is 0 Å². The van der Waals surface area contributed by atoms with Gasteiger partial charge in [-0.25, -0.2) is 0 Å². The van der Waals surface area contributed by atoms with Crippen molar-refractivity contribution in [3.63, 3.8) is 0 Å². The molecule has 2 aromatic rings. The molecule has 2 aromatic carbocycles. The Morgan fingerprint density at radius 2 is 1.80 bits per heavy atom. The van der Waals surface area contributed by atoms with Crippen molar-refractivity contribution in [3.8, 4) is 0 Å². The van der Waals surface area contributed by atoms with E-state index in [1.165, 1.54) is 11.1 Å². The van der Waals surface area contributed by atoms with Gasteiger partial charge < -0.3 is 10.6 Å².